The number of rotatable bonds is 5. The van der Waals surface area contributed by atoms with Gasteiger partial charge < -0.3 is 9.73 Å². The van der Waals surface area contributed by atoms with Crippen molar-refractivity contribution in [2.45, 2.75) is 38.9 Å². The lowest BCUT2D eigenvalue weighted by atomic mass is 10.0. The molecule has 0 amide bonds. The summed E-state index contributed by atoms with van der Waals surface area (Å²) in [6.07, 6.45) is 4.20. The first-order valence-electron chi connectivity index (χ1n) is 7.84. The third kappa shape index (κ3) is 3.96. The molecule has 21 heavy (non-hydrogen) atoms. The minimum Gasteiger partial charge on any atom is -0.468 e. The summed E-state index contributed by atoms with van der Waals surface area (Å²) in [6, 6.07) is 13.4. The Bertz CT molecular complexity index is 541. The van der Waals surface area contributed by atoms with Crippen LogP contribution in [0.2, 0.25) is 0 Å². The quantitative estimate of drug-likeness (QED) is 0.913. The van der Waals surface area contributed by atoms with Gasteiger partial charge in [0.05, 0.1) is 12.8 Å². The summed E-state index contributed by atoms with van der Waals surface area (Å²) in [4.78, 5) is 2.55. The molecule has 1 aliphatic heterocycles. The molecule has 112 valence electrons. The Morgan fingerprint density at radius 3 is 2.57 bits per heavy atom. The van der Waals surface area contributed by atoms with Crippen molar-refractivity contribution in [1.82, 2.24) is 10.2 Å². The summed E-state index contributed by atoms with van der Waals surface area (Å²) < 4.78 is 5.48. The number of aryl methyl sites for hydroxylation is 1. The molecule has 3 heteroatoms. The zero-order valence-corrected chi connectivity index (χ0v) is 12.7. The van der Waals surface area contributed by atoms with Gasteiger partial charge in [0.1, 0.15) is 5.76 Å². The van der Waals surface area contributed by atoms with Crippen molar-refractivity contribution >= 4 is 0 Å². The fraction of sp³-hybridized carbons (Fsp3) is 0.444. The zero-order valence-electron chi connectivity index (χ0n) is 12.7. The van der Waals surface area contributed by atoms with Crippen molar-refractivity contribution < 1.29 is 4.42 Å². The van der Waals surface area contributed by atoms with E-state index in [1.165, 1.54) is 37.1 Å². The van der Waals surface area contributed by atoms with Gasteiger partial charge in [-0.15, -0.1) is 0 Å². The Morgan fingerprint density at radius 1 is 1.14 bits per heavy atom. The minimum absolute atomic E-state index is 0.613. The van der Waals surface area contributed by atoms with E-state index in [0.717, 1.165) is 18.8 Å². The van der Waals surface area contributed by atoms with E-state index >= 15 is 0 Å². The van der Waals surface area contributed by atoms with Gasteiger partial charge in [-0.1, -0.05) is 30.3 Å². The zero-order chi connectivity index (χ0) is 14.5. The van der Waals surface area contributed by atoms with Crippen LogP contribution in [0.4, 0.5) is 0 Å². The first kappa shape index (κ1) is 14.4. The van der Waals surface area contributed by atoms with Crippen molar-refractivity contribution in [3.63, 3.8) is 0 Å². The average Bonchev–Trinajstić information content (AvgIpc) is 2.93. The predicted octanol–water partition coefficient (Wildman–Crippen LogP) is 3.34. The molecule has 0 saturated carbocycles. The number of benzene rings is 1. The monoisotopic (exact) mass is 284 g/mol. The molecule has 1 aliphatic rings. The van der Waals surface area contributed by atoms with E-state index < -0.39 is 0 Å². The highest BCUT2D eigenvalue weighted by Gasteiger charge is 2.19. The molecule has 0 atom stereocenters. The van der Waals surface area contributed by atoms with Gasteiger partial charge in [0, 0.05) is 12.6 Å². The van der Waals surface area contributed by atoms with E-state index in [0.29, 0.717) is 6.04 Å². The van der Waals surface area contributed by atoms with Gasteiger partial charge in [-0.3, -0.25) is 4.90 Å². The highest BCUT2D eigenvalue weighted by Crippen LogP contribution is 2.15. The summed E-state index contributed by atoms with van der Waals surface area (Å²) in [5.74, 6) is 1.07. The Labute approximate surface area is 127 Å². The van der Waals surface area contributed by atoms with Gasteiger partial charge in [-0.05, 0) is 50.0 Å². The minimum atomic E-state index is 0.613. The fourth-order valence-corrected chi connectivity index (χ4v) is 2.96. The molecule has 0 unspecified atom stereocenters. The van der Waals surface area contributed by atoms with Crippen LogP contribution >= 0.6 is 0 Å². The first-order chi connectivity index (χ1) is 10.3. The molecule has 1 fully saturated rings. The topological polar surface area (TPSA) is 28.4 Å². The second-order valence-electron chi connectivity index (χ2n) is 5.94. The van der Waals surface area contributed by atoms with Crippen LogP contribution in [0.1, 0.15) is 29.7 Å². The lowest BCUT2D eigenvalue weighted by Gasteiger charge is -2.32. The number of piperidine rings is 1. The van der Waals surface area contributed by atoms with Gasteiger partial charge in [0.15, 0.2) is 0 Å². The standard InChI is InChI=1S/C18H24N2O/c1-15-9-12-21-18(15)13-19-17-7-10-20(11-8-17)14-16-5-3-2-4-6-16/h2-6,9,12,17,19H,7-8,10-11,13-14H2,1H3. The summed E-state index contributed by atoms with van der Waals surface area (Å²) in [5.41, 5.74) is 2.65. The number of furan rings is 1. The molecule has 1 aromatic carbocycles. The van der Waals surface area contributed by atoms with Crippen molar-refractivity contribution in [2.24, 2.45) is 0 Å². The van der Waals surface area contributed by atoms with E-state index in [1.54, 1.807) is 6.26 Å². The van der Waals surface area contributed by atoms with Gasteiger partial charge in [-0.25, -0.2) is 0 Å². The number of hydrogen-bond donors (Lipinski definition) is 1. The average molecular weight is 284 g/mol. The van der Waals surface area contributed by atoms with Crippen LogP contribution in [-0.4, -0.2) is 24.0 Å². The molecule has 0 spiro atoms. The van der Waals surface area contributed by atoms with Crippen LogP contribution in [0.5, 0.6) is 0 Å². The SMILES string of the molecule is Cc1ccoc1CNC1CCN(Cc2ccccc2)CC1. The van der Waals surface area contributed by atoms with E-state index in [1.807, 2.05) is 6.07 Å². The molecular weight excluding hydrogens is 260 g/mol. The molecule has 3 nitrogen and oxygen atoms in total. The maximum Gasteiger partial charge on any atom is 0.120 e. The normalized spacial score (nSPS) is 17.2. The van der Waals surface area contributed by atoms with Gasteiger partial charge >= 0.3 is 0 Å². The number of hydrogen-bond acceptors (Lipinski definition) is 3. The third-order valence-electron chi connectivity index (χ3n) is 4.36. The molecule has 0 aliphatic carbocycles. The number of likely N-dealkylation sites (tertiary alicyclic amines) is 1. The van der Waals surface area contributed by atoms with Crippen molar-refractivity contribution in [1.29, 1.82) is 0 Å². The van der Waals surface area contributed by atoms with E-state index in [4.69, 9.17) is 4.42 Å². The Hall–Kier alpha value is -1.58. The molecule has 2 heterocycles. The lowest BCUT2D eigenvalue weighted by molar-refractivity contribution is 0.188. The second-order valence-corrected chi connectivity index (χ2v) is 5.94. The van der Waals surface area contributed by atoms with Crippen LogP contribution in [0.3, 0.4) is 0 Å². The number of nitrogens with zero attached hydrogens (tertiary/aromatic N) is 1. The van der Waals surface area contributed by atoms with E-state index in [-0.39, 0.29) is 0 Å². The van der Waals surface area contributed by atoms with Crippen molar-refractivity contribution in [3.8, 4) is 0 Å². The molecule has 1 N–H and O–H groups in total. The second kappa shape index (κ2) is 6.92. The Balaban J connectivity index is 1.42. The first-order valence-corrected chi connectivity index (χ1v) is 7.84. The van der Waals surface area contributed by atoms with Crippen LogP contribution < -0.4 is 5.32 Å². The summed E-state index contributed by atoms with van der Waals surface area (Å²) >= 11 is 0. The van der Waals surface area contributed by atoms with E-state index in [9.17, 15) is 0 Å². The molecule has 3 rings (SSSR count). The molecule has 1 saturated heterocycles. The molecular formula is C18H24N2O. The van der Waals surface area contributed by atoms with Gasteiger partial charge in [0.2, 0.25) is 0 Å². The van der Waals surface area contributed by atoms with Crippen molar-refractivity contribution in [3.05, 3.63) is 59.5 Å². The highest BCUT2D eigenvalue weighted by molar-refractivity contribution is 5.15. The Morgan fingerprint density at radius 2 is 1.90 bits per heavy atom. The fourth-order valence-electron chi connectivity index (χ4n) is 2.96. The summed E-state index contributed by atoms with van der Waals surface area (Å²) in [7, 11) is 0. The Kier molecular flexibility index (Phi) is 4.73. The smallest absolute Gasteiger partial charge is 0.120 e. The van der Waals surface area contributed by atoms with Gasteiger partial charge in [-0.2, -0.15) is 0 Å². The molecule has 2 aromatic rings. The van der Waals surface area contributed by atoms with Crippen LogP contribution in [0.25, 0.3) is 0 Å². The van der Waals surface area contributed by atoms with Crippen molar-refractivity contribution in [2.75, 3.05) is 13.1 Å². The van der Waals surface area contributed by atoms with Crippen LogP contribution in [0.15, 0.2) is 47.1 Å². The highest BCUT2D eigenvalue weighted by atomic mass is 16.3. The summed E-state index contributed by atoms with van der Waals surface area (Å²) in [5, 5.41) is 3.63. The largest absolute Gasteiger partial charge is 0.468 e. The lowest BCUT2D eigenvalue weighted by Crippen LogP contribution is -2.41. The maximum atomic E-state index is 5.48. The van der Waals surface area contributed by atoms with E-state index in [2.05, 4.69) is 47.5 Å². The third-order valence-corrected chi connectivity index (χ3v) is 4.36. The van der Waals surface area contributed by atoms with Gasteiger partial charge in [0.25, 0.3) is 0 Å². The van der Waals surface area contributed by atoms with Crippen LogP contribution in [0, 0.1) is 6.92 Å². The maximum absolute atomic E-state index is 5.48. The predicted molar refractivity (Wildman–Crippen MR) is 85.0 cm³/mol. The van der Waals surface area contributed by atoms with Crippen LogP contribution in [-0.2, 0) is 13.1 Å². The number of nitrogens with one attached hydrogen (secondary N) is 1. The molecule has 1 aromatic heterocycles. The summed E-state index contributed by atoms with van der Waals surface area (Å²) in [6.45, 7) is 6.36. The molecule has 0 radical (unpaired) electrons. The molecule has 0 bridgehead atoms.